The van der Waals surface area contributed by atoms with Crippen LogP contribution in [0.4, 0.5) is 0 Å². The maximum absolute atomic E-state index is 12.8. The fraction of sp³-hybridized carbons (Fsp3) is 0.294. The van der Waals surface area contributed by atoms with E-state index in [2.05, 4.69) is 11.9 Å². The van der Waals surface area contributed by atoms with E-state index in [1.807, 2.05) is 24.4 Å². The normalized spacial score (nSPS) is 20.5. The first kappa shape index (κ1) is 15.6. The first-order chi connectivity index (χ1) is 11.1. The molecule has 2 aliphatic rings. The number of esters is 1. The van der Waals surface area contributed by atoms with Gasteiger partial charge in [0.1, 0.15) is 0 Å². The highest BCUT2D eigenvalue weighted by molar-refractivity contribution is 7.10. The number of rotatable bonds is 4. The average molecular weight is 330 g/mol. The van der Waals surface area contributed by atoms with Crippen molar-refractivity contribution in [3.63, 3.8) is 0 Å². The summed E-state index contributed by atoms with van der Waals surface area (Å²) in [7, 11) is 1.36. The van der Waals surface area contributed by atoms with E-state index in [0.29, 0.717) is 24.2 Å². The van der Waals surface area contributed by atoms with E-state index in [0.717, 1.165) is 16.3 Å². The second kappa shape index (κ2) is 6.04. The number of thiophene rings is 1. The second-order valence-electron chi connectivity index (χ2n) is 5.47. The van der Waals surface area contributed by atoms with Crippen LogP contribution in [0.1, 0.15) is 17.7 Å². The molecule has 1 aromatic rings. The van der Waals surface area contributed by atoms with E-state index >= 15 is 0 Å². The number of nitrogens with zero attached hydrogens (tertiary/aromatic N) is 1. The number of carbonyl (C=O) groups is 2. The number of hydrogen-bond acceptors (Lipinski definition) is 5. The fourth-order valence-electron chi connectivity index (χ4n) is 3.13. The Morgan fingerprint density at radius 1 is 1.61 bits per heavy atom. The molecule has 1 aromatic heterocycles. The van der Waals surface area contributed by atoms with Crippen LogP contribution in [0.15, 0.2) is 52.7 Å². The van der Waals surface area contributed by atoms with Crippen LogP contribution in [-0.2, 0) is 14.3 Å². The Bertz CT molecular complexity index is 731. The van der Waals surface area contributed by atoms with Gasteiger partial charge in [0, 0.05) is 22.8 Å². The molecule has 0 aliphatic carbocycles. The fourth-order valence-corrected chi connectivity index (χ4v) is 3.97. The standard InChI is InChI=1S/C17H18N2O3S/c1-4-7-19-9-11-14(16(19)20)15(12-6-5-8-23-12)13(10(2)18-11)17(21)22-3/h4-6,8,15,18H,1,7,9H2,2-3H3. The van der Waals surface area contributed by atoms with E-state index in [4.69, 9.17) is 4.74 Å². The van der Waals surface area contributed by atoms with Crippen LogP contribution < -0.4 is 5.32 Å². The molecular formula is C17H18N2O3S. The molecule has 0 fully saturated rings. The third kappa shape index (κ3) is 2.49. The third-order valence-electron chi connectivity index (χ3n) is 4.09. The summed E-state index contributed by atoms with van der Waals surface area (Å²) in [6.07, 6.45) is 1.71. The molecule has 23 heavy (non-hydrogen) atoms. The van der Waals surface area contributed by atoms with E-state index in [1.165, 1.54) is 18.4 Å². The number of ether oxygens (including phenoxy) is 1. The van der Waals surface area contributed by atoms with Crippen LogP contribution in [0.2, 0.25) is 0 Å². The van der Waals surface area contributed by atoms with Crippen molar-refractivity contribution in [3.8, 4) is 0 Å². The van der Waals surface area contributed by atoms with Crippen molar-refractivity contribution in [1.82, 2.24) is 10.2 Å². The Balaban J connectivity index is 2.10. The van der Waals surface area contributed by atoms with Crippen molar-refractivity contribution in [2.75, 3.05) is 20.2 Å². The van der Waals surface area contributed by atoms with Crippen molar-refractivity contribution in [3.05, 3.63) is 57.6 Å². The highest BCUT2D eigenvalue weighted by atomic mass is 32.1. The lowest BCUT2D eigenvalue weighted by atomic mass is 9.85. The molecular weight excluding hydrogens is 312 g/mol. The number of amides is 1. The number of methoxy groups -OCH3 is 1. The van der Waals surface area contributed by atoms with Gasteiger partial charge in [-0.25, -0.2) is 4.79 Å². The van der Waals surface area contributed by atoms with Crippen molar-refractivity contribution >= 4 is 23.2 Å². The van der Waals surface area contributed by atoms with Crippen LogP contribution >= 0.6 is 11.3 Å². The van der Waals surface area contributed by atoms with Crippen LogP contribution in [0, 0.1) is 0 Å². The van der Waals surface area contributed by atoms with Crippen molar-refractivity contribution in [2.24, 2.45) is 0 Å². The van der Waals surface area contributed by atoms with Crippen LogP contribution in [-0.4, -0.2) is 37.0 Å². The highest BCUT2D eigenvalue weighted by Gasteiger charge is 2.43. The zero-order valence-corrected chi connectivity index (χ0v) is 13.9. The minimum absolute atomic E-state index is 0.0558. The Morgan fingerprint density at radius 3 is 3.00 bits per heavy atom. The van der Waals surface area contributed by atoms with E-state index in [1.54, 1.807) is 11.0 Å². The SMILES string of the molecule is C=CCN1CC2=C(C1=O)C(c1cccs1)C(C(=O)OC)=C(C)N2. The molecule has 1 amide bonds. The minimum Gasteiger partial charge on any atom is -0.466 e. The van der Waals surface area contributed by atoms with Gasteiger partial charge in [-0.05, 0) is 18.4 Å². The van der Waals surface area contributed by atoms with Crippen molar-refractivity contribution < 1.29 is 14.3 Å². The van der Waals surface area contributed by atoms with Gasteiger partial charge in [-0.3, -0.25) is 4.79 Å². The molecule has 0 aromatic carbocycles. The molecule has 2 aliphatic heterocycles. The minimum atomic E-state index is -0.407. The van der Waals surface area contributed by atoms with Crippen molar-refractivity contribution in [2.45, 2.75) is 12.8 Å². The highest BCUT2D eigenvalue weighted by Crippen LogP contribution is 2.43. The molecule has 0 bridgehead atoms. The lowest BCUT2D eigenvalue weighted by Gasteiger charge is -2.27. The molecule has 5 nitrogen and oxygen atoms in total. The molecule has 1 N–H and O–H groups in total. The molecule has 6 heteroatoms. The summed E-state index contributed by atoms with van der Waals surface area (Å²) in [5.74, 6) is -0.837. The van der Waals surface area contributed by atoms with Gasteiger partial charge in [0.25, 0.3) is 5.91 Å². The molecule has 3 heterocycles. The molecule has 0 radical (unpaired) electrons. The zero-order chi connectivity index (χ0) is 16.6. The average Bonchev–Trinajstić information content (AvgIpc) is 3.15. The first-order valence-corrected chi connectivity index (χ1v) is 8.19. The van der Waals surface area contributed by atoms with Gasteiger partial charge in [-0.2, -0.15) is 0 Å². The summed E-state index contributed by atoms with van der Waals surface area (Å²) in [4.78, 5) is 27.8. The van der Waals surface area contributed by atoms with Crippen LogP contribution in [0.25, 0.3) is 0 Å². The van der Waals surface area contributed by atoms with Crippen LogP contribution in [0.5, 0.6) is 0 Å². The van der Waals surface area contributed by atoms with E-state index in [9.17, 15) is 9.59 Å². The van der Waals surface area contributed by atoms with Gasteiger partial charge in [-0.15, -0.1) is 17.9 Å². The lowest BCUT2D eigenvalue weighted by Crippen LogP contribution is -2.30. The quantitative estimate of drug-likeness (QED) is 0.679. The van der Waals surface area contributed by atoms with E-state index in [-0.39, 0.29) is 11.8 Å². The maximum atomic E-state index is 12.8. The monoisotopic (exact) mass is 330 g/mol. The summed E-state index contributed by atoms with van der Waals surface area (Å²) >= 11 is 1.53. The zero-order valence-electron chi connectivity index (χ0n) is 13.1. The van der Waals surface area contributed by atoms with E-state index < -0.39 is 5.97 Å². The predicted octanol–water partition coefficient (Wildman–Crippen LogP) is 2.16. The van der Waals surface area contributed by atoms with Gasteiger partial charge >= 0.3 is 5.97 Å². The predicted molar refractivity (Wildman–Crippen MR) is 88.7 cm³/mol. The van der Waals surface area contributed by atoms with Crippen molar-refractivity contribution in [1.29, 1.82) is 0 Å². The lowest BCUT2D eigenvalue weighted by molar-refractivity contribution is -0.136. The van der Waals surface area contributed by atoms with Gasteiger partial charge in [0.15, 0.2) is 0 Å². The summed E-state index contributed by atoms with van der Waals surface area (Å²) < 4.78 is 4.95. The molecule has 1 unspecified atom stereocenters. The summed E-state index contributed by atoms with van der Waals surface area (Å²) in [5, 5.41) is 5.17. The second-order valence-corrected chi connectivity index (χ2v) is 6.45. The Hall–Kier alpha value is -2.34. The number of carbonyl (C=O) groups excluding carboxylic acids is 2. The first-order valence-electron chi connectivity index (χ1n) is 7.31. The molecule has 120 valence electrons. The summed E-state index contributed by atoms with van der Waals surface area (Å²) in [5.41, 5.74) is 2.74. The van der Waals surface area contributed by atoms with Gasteiger partial charge < -0.3 is 15.0 Å². The molecule has 0 saturated carbocycles. The smallest absolute Gasteiger partial charge is 0.336 e. The number of nitrogens with one attached hydrogen (secondary N) is 1. The Kier molecular flexibility index (Phi) is 4.09. The van der Waals surface area contributed by atoms with Gasteiger partial charge in [0.2, 0.25) is 0 Å². The largest absolute Gasteiger partial charge is 0.466 e. The summed E-state index contributed by atoms with van der Waals surface area (Å²) in [6.45, 7) is 6.54. The topological polar surface area (TPSA) is 58.6 Å². The molecule has 1 atom stereocenters. The summed E-state index contributed by atoms with van der Waals surface area (Å²) in [6, 6.07) is 3.87. The van der Waals surface area contributed by atoms with Crippen LogP contribution in [0.3, 0.4) is 0 Å². The number of allylic oxidation sites excluding steroid dienone is 1. The van der Waals surface area contributed by atoms with Gasteiger partial charge in [0.05, 0.1) is 30.7 Å². The number of dihydropyridines is 1. The number of hydrogen-bond donors (Lipinski definition) is 1. The molecule has 3 rings (SSSR count). The Morgan fingerprint density at radius 2 is 2.39 bits per heavy atom. The maximum Gasteiger partial charge on any atom is 0.336 e. The van der Waals surface area contributed by atoms with Gasteiger partial charge in [-0.1, -0.05) is 12.1 Å². The third-order valence-corrected chi connectivity index (χ3v) is 5.03. The molecule has 0 spiro atoms. The Labute approximate surface area is 138 Å². The molecule has 0 saturated heterocycles.